The standard InChI is InChI=1S/C46H48N8O15/c47-45(48)51-27-11-13-29-25(21-27)5-3-17-66-38-31(7-1-9-34(38)68-43(29)63)40(59)53(24-37(57)58)15-19-65-20-16-54(33(42(61)62)23-36(55)56)41(60)32-8-2-10-35-39(32)67-18-4-6-26-22-28(52-46(49)50)12-14-30(26)44(64)69-35/h1-2,7-14,21-22,33H,3-6,15-20,23-24H2,(H,55,56)(H,57,58)(H,61,62)(H4,47,48,51)(H4,49,50,52)/t33-/m0/s1. The number of carboxylic acid groups (broad SMARTS) is 3. The largest absolute Gasteiger partial charge is 0.489 e. The first-order valence-electron chi connectivity index (χ1n) is 21.3. The number of benzene rings is 4. The fourth-order valence-electron chi connectivity index (χ4n) is 7.50. The molecule has 362 valence electrons. The third kappa shape index (κ3) is 12.8. The van der Waals surface area contributed by atoms with Crippen LogP contribution in [0.5, 0.6) is 23.0 Å². The molecule has 23 nitrogen and oxygen atoms in total. The van der Waals surface area contributed by atoms with E-state index in [1.807, 2.05) is 0 Å². The fraction of sp³-hybridized carbons (Fsp3) is 0.283. The van der Waals surface area contributed by atoms with Gasteiger partial charge < -0.3 is 71.7 Å². The van der Waals surface area contributed by atoms with Crippen molar-refractivity contribution in [2.24, 2.45) is 32.9 Å². The van der Waals surface area contributed by atoms with Crippen molar-refractivity contribution >= 4 is 65.0 Å². The van der Waals surface area contributed by atoms with Crippen molar-refractivity contribution in [2.45, 2.75) is 38.1 Å². The zero-order valence-electron chi connectivity index (χ0n) is 36.8. The summed E-state index contributed by atoms with van der Waals surface area (Å²) in [5.74, 6) is -8.92. The number of aliphatic carboxylic acids is 3. The third-order valence-corrected chi connectivity index (χ3v) is 10.5. The normalized spacial score (nSPS) is 13.6. The number of rotatable bonds is 16. The summed E-state index contributed by atoms with van der Waals surface area (Å²) in [7, 11) is 0. The molecule has 4 aromatic carbocycles. The summed E-state index contributed by atoms with van der Waals surface area (Å²) in [6, 6.07) is 15.6. The second-order valence-electron chi connectivity index (χ2n) is 15.4. The number of hydrogen-bond donors (Lipinski definition) is 7. The average molecular weight is 953 g/mol. The SMILES string of the molecule is NC(N)=Nc1ccc2c(c1)CCCOc1c(cccc1C(=O)N(CCOCCN(C(=O)c1cccc3c1OCCCc1cc(N=C(N)N)ccc1C(=O)O3)[C@@H](CC(=O)O)C(=O)O)CC(=O)O)OC2=O. The van der Waals surface area contributed by atoms with Gasteiger partial charge in [0.25, 0.3) is 11.8 Å². The van der Waals surface area contributed by atoms with Crippen LogP contribution in [0.15, 0.2) is 82.8 Å². The van der Waals surface area contributed by atoms with Crippen LogP contribution in [0, 0.1) is 0 Å². The molecule has 0 unspecified atom stereocenters. The van der Waals surface area contributed by atoms with Crippen LogP contribution in [-0.4, -0.2) is 131 Å². The maximum atomic E-state index is 14.4. The van der Waals surface area contributed by atoms with Gasteiger partial charge in [-0.1, -0.05) is 12.1 Å². The Morgan fingerprint density at radius 2 is 1.14 bits per heavy atom. The summed E-state index contributed by atoms with van der Waals surface area (Å²) in [4.78, 5) is 101. The number of aryl methyl sites for hydroxylation is 2. The van der Waals surface area contributed by atoms with Crippen molar-refractivity contribution < 1.29 is 72.6 Å². The zero-order chi connectivity index (χ0) is 49.8. The molecule has 0 spiro atoms. The van der Waals surface area contributed by atoms with E-state index in [0.717, 1.165) is 9.80 Å². The number of esters is 2. The number of nitrogens with two attached hydrogens (primary N) is 4. The second-order valence-corrected chi connectivity index (χ2v) is 15.4. The lowest BCUT2D eigenvalue weighted by atomic mass is 10.0. The summed E-state index contributed by atoms with van der Waals surface area (Å²) < 4.78 is 29.1. The predicted octanol–water partition coefficient (Wildman–Crippen LogP) is 2.20. The number of carbonyl (C=O) groups excluding carboxylic acids is 4. The molecular formula is C46H48N8O15. The molecule has 11 N–H and O–H groups in total. The monoisotopic (exact) mass is 952 g/mol. The molecule has 0 radical (unpaired) electrons. The molecular weight excluding hydrogens is 905 g/mol. The molecule has 2 amide bonds. The van der Waals surface area contributed by atoms with E-state index >= 15 is 0 Å². The number of aliphatic imine (C=N–C) groups is 2. The minimum Gasteiger partial charge on any atom is -0.489 e. The lowest BCUT2D eigenvalue weighted by molar-refractivity contribution is -0.149. The van der Waals surface area contributed by atoms with Crippen molar-refractivity contribution in [3.63, 3.8) is 0 Å². The number of para-hydroxylation sites is 2. The first-order valence-corrected chi connectivity index (χ1v) is 21.3. The number of fused-ring (bicyclic) bond motifs is 4. The number of ether oxygens (including phenoxy) is 5. The summed E-state index contributed by atoms with van der Waals surface area (Å²) >= 11 is 0. The van der Waals surface area contributed by atoms with Gasteiger partial charge in [-0.15, -0.1) is 0 Å². The number of carboxylic acids is 3. The maximum absolute atomic E-state index is 14.4. The Kier molecular flexibility index (Phi) is 16.3. The van der Waals surface area contributed by atoms with Crippen LogP contribution in [0.2, 0.25) is 0 Å². The van der Waals surface area contributed by atoms with Crippen molar-refractivity contribution in [2.75, 3.05) is 46.1 Å². The van der Waals surface area contributed by atoms with E-state index in [2.05, 4.69) is 9.98 Å². The minimum atomic E-state index is -1.93. The molecule has 2 aliphatic heterocycles. The van der Waals surface area contributed by atoms with E-state index in [1.54, 1.807) is 12.1 Å². The Labute approximate surface area is 392 Å². The summed E-state index contributed by atoms with van der Waals surface area (Å²) in [6.07, 6.45) is 0.337. The molecule has 0 fully saturated rings. The van der Waals surface area contributed by atoms with Gasteiger partial charge in [0.2, 0.25) is 0 Å². The molecule has 0 saturated carbocycles. The van der Waals surface area contributed by atoms with E-state index in [9.17, 15) is 48.9 Å². The minimum absolute atomic E-state index is 0.00592. The Morgan fingerprint density at radius 3 is 1.61 bits per heavy atom. The molecule has 2 aliphatic rings. The van der Waals surface area contributed by atoms with Gasteiger partial charge in [-0.3, -0.25) is 19.2 Å². The fourth-order valence-corrected chi connectivity index (χ4v) is 7.50. The quantitative estimate of drug-likeness (QED) is 0.0278. The van der Waals surface area contributed by atoms with E-state index in [-0.39, 0.29) is 83.5 Å². The van der Waals surface area contributed by atoms with E-state index in [0.29, 0.717) is 48.2 Å². The Hall–Kier alpha value is -8.73. The number of carbonyl (C=O) groups is 7. The zero-order valence-corrected chi connectivity index (χ0v) is 36.8. The van der Waals surface area contributed by atoms with Crippen molar-refractivity contribution in [1.29, 1.82) is 0 Å². The smallest absolute Gasteiger partial charge is 0.343 e. The predicted molar refractivity (Wildman–Crippen MR) is 243 cm³/mol. The molecule has 0 aromatic heterocycles. The van der Waals surface area contributed by atoms with Gasteiger partial charge >= 0.3 is 29.8 Å². The highest BCUT2D eigenvalue weighted by Crippen LogP contribution is 2.37. The molecule has 0 bridgehead atoms. The van der Waals surface area contributed by atoms with Gasteiger partial charge in [-0.25, -0.2) is 24.4 Å². The van der Waals surface area contributed by atoms with E-state index < -0.39 is 73.8 Å². The number of nitrogens with zero attached hydrogens (tertiary/aromatic N) is 4. The van der Waals surface area contributed by atoms with Crippen molar-refractivity contribution in [1.82, 2.24) is 9.80 Å². The lowest BCUT2D eigenvalue weighted by Crippen LogP contribution is -2.48. The van der Waals surface area contributed by atoms with Crippen LogP contribution in [0.25, 0.3) is 0 Å². The topological polar surface area (TPSA) is 362 Å². The number of guanidine groups is 2. The first-order chi connectivity index (χ1) is 33.0. The molecule has 4 aromatic rings. The maximum Gasteiger partial charge on any atom is 0.343 e. The van der Waals surface area contributed by atoms with E-state index in [4.69, 9.17) is 46.6 Å². The Bertz CT molecular complexity index is 2720. The molecule has 69 heavy (non-hydrogen) atoms. The van der Waals surface area contributed by atoms with Crippen LogP contribution in [0.4, 0.5) is 11.4 Å². The highest BCUT2D eigenvalue weighted by atomic mass is 16.6. The molecule has 0 aliphatic carbocycles. The molecule has 23 heteroatoms. The Balaban J connectivity index is 1.19. The van der Waals surface area contributed by atoms with Crippen molar-refractivity contribution in [3.05, 3.63) is 106 Å². The third-order valence-electron chi connectivity index (χ3n) is 10.5. The lowest BCUT2D eigenvalue weighted by Gasteiger charge is -2.29. The van der Waals surface area contributed by atoms with Gasteiger partial charge in [0, 0.05) is 13.1 Å². The molecule has 2 heterocycles. The van der Waals surface area contributed by atoms with Gasteiger partial charge in [0.05, 0.1) is 66.5 Å². The Morgan fingerprint density at radius 1 is 0.652 bits per heavy atom. The van der Waals surface area contributed by atoms with Gasteiger partial charge in [0.15, 0.2) is 34.9 Å². The van der Waals surface area contributed by atoms with Crippen molar-refractivity contribution in [3.8, 4) is 23.0 Å². The second kappa shape index (κ2) is 22.6. The molecule has 0 saturated heterocycles. The van der Waals surface area contributed by atoms with E-state index in [1.165, 1.54) is 60.7 Å². The number of hydrogen-bond acceptors (Lipinski definition) is 14. The summed E-state index contributed by atoms with van der Waals surface area (Å²) in [6.45, 7) is -2.41. The summed E-state index contributed by atoms with van der Waals surface area (Å²) in [5, 5.41) is 29.6. The van der Waals surface area contributed by atoms with Crippen LogP contribution in [0.3, 0.4) is 0 Å². The highest BCUT2D eigenvalue weighted by Gasteiger charge is 2.35. The van der Waals surface area contributed by atoms with Crippen LogP contribution >= 0.6 is 0 Å². The van der Waals surface area contributed by atoms with Gasteiger partial charge in [-0.05, 0) is 97.5 Å². The van der Waals surface area contributed by atoms with Gasteiger partial charge in [0.1, 0.15) is 12.6 Å². The average Bonchev–Trinajstić information content (AvgIpc) is 3.28. The van der Waals surface area contributed by atoms with Crippen LogP contribution in [-0.2, 0) is 32.0 Å². The van der Waals surface area contributed by atoms with Crippen LogP contribution < -0.4 is 41.9 Å². The highest BCUT2D eigenvalue weighted by molar-refractivity contribution is 6.02. The first kappa shape index (κ1) is 49.7. The molecule has 1 atom stereocenters. The number of amides is 2. The van der Waals surface area contributed by atoms with Gasteiger partial charge in [-0.2, -0.15) is 0 Å². The summed E-state index contributed by atoms with van der Waals surface area (Å²) in [5.41, 5.74) is 24.1. The molecule has 6 rings (SSSR count). The van der Waals surface area contributed by atoms with Crippen LogP contribution in [0.1, 0.15) is 71.8 Å².